The van der Waals surface area contributed by atoms with Gasteiger partial charge in [0.05, 0.1) is 6.54 Å². The van der Waals surface area contributed by atoms with Gasteiger partial charge in [-0.25, -0.2) is 4.79 Å². The number of urea groups is 1. The minimum Gasteiger partial charge on any atom is -0.338 e. The van der Waals surface area contributed by atoms with Crippen LogP contribution in [0, 0.1) is 6.92 Å². The summed E-state index contributed by atoms with van der Waals surface area (Å²) in [6.07, 6.45) is 0. The molecule has 1 rings (SSSR count). The molecule has 0 aromatic carbocycles. The van der Waals surface area contributed by atoms with E-state index in [1.54, 1.807) is 6.92 Å². The first-order valence-corrected chi connectivity index (χ1v) is 4.03. The maximum Gasteiger partial charge on any atom is 0.315 e. The van der Waals surface area contributed by atoms with Gasteiger partial charge in [0.1, 0.15) is 0 Å². The first kappa shape index (κ1) is 9.50. The average Bonchev–Trinajstić information content (AvgIpc) is 2.49. The fraction of sp³-hybridized carbons (Fsp3) is 0.571. The van der Waals surface area contributed by atoms with E-state index in [0.717, 1.165) is 0 Å². The standard InChI is InChI=1S/C7H12N4O2/c1-3-8-7(12)9-4-6-10-5(2)11-13-6/h3-4H2,1-2H3,(H2,8,9,12). The quantitative estimate of drug-likeness (QED) is 0.703. The van der Waals surface area contributed by atoms with Crippen LogP contribution in [0.2, 0.25) is 0 Å². The molecule has 72 valence electrons. The summed E-state index contributed by atoms with van der Waals surface area (Å²) < 4.78 is 4.79. The molecule has 0 unspecified atom stereocenters. The van der Waals surface area contributed by atoms with Crippen molar-refractivity contribution < 1.29 is 9.32 Å². The molecule has 13 heavy (non-hydrogen) atoms. The largest absolute Gasteiger partial charge is 0.338 e. The SMILES string of the molecule is CCNC(=O)NCc1nc(C)no1. The third-order valence-corrected chi connectivity index (χ3v) is 1.31. The van der Waals surface area contributed by atoms with Gasteiger partial charge in [0.2, 0.25) is 5.89 Å². The van der Waals surface area contributed by atoms with Gasteiger partial charge in [-0.1, -0.05) is 5.16 Å². The summed E-state index contributed by atoms with van der Waals surface area (Å²) in [6, 6.07) is -0.238. The highest BCUT2D eigenvalue weighted by Crippen LogP contribution is 1.93. The predicted octanol–water partition coefficient (Wildman–Crippen LogP) is 0.197. The maximum atomic E-state index is 10.9. The Bertz CT molecular complexity index is 284. The van der Waals surface area contributed by atoms with Crippen LogP contribution in [-0.2, 0) is 6.54 Å². The molecule has 0 saturated carbocycles. The summed E-state index contributed by atoms with van der Waals surface area (Å²) in [7, 11) is 0. The van der Waals surface area contributed by atoms with Gasteiger partial charge in [-0.05, 0) is 13.8 Å². The van der Waals surface area contributed by atoms with Crippen LogP contribution in [0.5, 0.6) is 0 Å². The highest BCUT2D eigenvalue weighted by molar-refractivity contribution is 5.73. The van der Waals surface area contributed by atoms with E-state index in [0.29, 0.717) is 18.3 Å². The Labute approximate surface area is 75.7 Å². The van der Waals surface area contributed by atoms with E-state index in [-0.39, 0.29) is 12.6 Å². The highest BCUT2D eigenvalue weighted by atomic mass is 16.5. The fourth-order valence-corrected chi connectivity index (χ4v) is 0.791. The predicted molar refractivity (Wildman–Crippen MR) is 44.9 cm³/mol. The summed E-state index contributed by atoms with van der Waals surface area (Å²) in [5, 5.41) is 8.73. The zero-order chi connectivity index (χ0) is 9.68. The van der Waals surface area contributed by atoms with E-state index in [1.807, 2.05) is 6.92 Å². The van der Waals surface area contributed by atoms with Gasteiger partial charge in [-0.15, -0.1) is 0 Å². The number of hydrogen-bond donors (Lipinski definition) is 2. The van der Waals surface area contributed by atoms with Crippen LogP contribution in [0.4, 0.5) is 4.79 Å². The summed E-state index contributed by atoms with van der Waals surface area (Å²) >= 11 is 0. The van der Waals surface area contributed by atoms with Crippen LogP contribution in [0.25, 0.3) is 0 Å². The van der Waals surface area contributed by atoms with E-state index in [2.05, 4.69) is 20.8 Å². The summed E-state index contributed by atoms with van der Waals surface area (Å²) in [5.41, 5.74) is 0. The first-order chi connectivity index (χ1) is 6.22. The van der Waals surface area contributed by atoms with Gasteiger partial charge in [-0.3, -0.25) is 0 Å². The highest BCUT2D eigenvalue weighted by Gasteiger charge is 2.03. The normalized spacial score (nSPS) is 9.69. The topological polar surface area (TPSA) is 80.0 Å². The lowest BCUT2D eigenvalue weighted by Gasteiger charge is -2.01. The molecule has 0 saturated heterocycles. The molecule has 2 amide bonds. The number of rotatable bonds is 3. The third-order valence-electron chi connectivity index (χ3n) is 1.31. The minimum absolute atomic E-state index is 0.238. The summed E-state index contributed by atoms with van der Waals surface area (Å²) in [6.45, 7) is 4.41. The Morgan fingerprint density at radius 1 is 1.54 bits per heavy atom. The Kier molecular flexibility index (Phi) is 3.24. The molecule has 0 fully saturated rings. The van der Waals surface area contributed by atoms with Crippen molar-refractivity contribution in [3.63, 3.8) is 0 Å². The van der Waals surface area contributed by atoms with Crippen LogP contribution >= 0.6 is 0 Å². The third kappa shape index (κ3) is 3.10. The monoisotopic (exact) mass is 184 g/mol. The van der Waals surface area contributed by atoms with Crippen molar-refractivity contribution in [3.8, 4) is 0 Å². The van der Waals surface area contributed by atoms with Crippen LogP contribution in [0.15, 0.2) is 4.52 Å². The summed E-state index contributed by atoms with van der Waals surface area (Å²) in [5.74, 6) is 0.969. The fourth-order valence-electron chi connectivity index (χ4n) is 0.791. The second kappa shape index (κ2) is 4.44. The number of carbonyl (C=O) groups excluding carboxylic acids is 1. The molecule has 0 spiro atoms. The first-order valence-electron chi connectivity index (χ1n) is 4.03. The number of nitrogens with zero attached hydrogens (tertiary/aromatic N) is 2. The number of hydrogen-bond acceptors (Lipinski definition) is 4. The lowest BCUT2D eigenvalue weighted by atomic mass is 10.6. The molecule has 1 aromatic heterocycles. The zero-order valence-corrected chi connectivity index (χ0v) is 7.63. The number of aromatic nitrogens is 2. The van der Waals surface area contributed by atoms with Crippen molar-refractivity contribution >= 4 is 6.03 Å². The van der Waals surface area contributed by atoms with Crippen molar-refractivity contribution in [2.75, 3.05) is 6.54 Å². The van der Waals surface area contributed by atoms with Gasteiger partial charge in [0, 0.05) is 6.54 Å². The molecule has 0 atom stereocenters. The van der Waals surface area contributed by atoms with E-state index >= 15 is 0 Å². The molecule has 0 aliphatic rings. The smallest absolute Gasteiger partial charge is 0.315 e. The lowest BCUT2D eigenvalue weighted by molar-refractivity contribution is 0.239. The molecular weight excluding hydrogens is 172 g/mol. The lowest BCUT2D eigenvalue weighted by Crippen LogP contribution is -2.34. The van der Waals surface area contributed by atoms with Gasteiger partial charge >= 0.3 is 6.03 Å². The van der Waals surface area contributed by atoms with Gasteiger partial charge in [-0.2, -0.15) is 4.98 Å². The molecule has 6 heteroatoms. The molecule has 1 aromatic rings. The van der Waals surface area contributed by atoms with Crippen molar-refractivity contribution in [3.05, 3.63) is 11.7 Å². The van der Waals surface area contributed by atoms with Gasteiger partial charge < -0.3 is 15.2 Å². The Balaban J connectivity index is 2.30. The van der Waals surface area contributed by atoms with Gasteiger partial charge in [0.15, 0.2) is 5.82 Å². The van der Waals surface area contributed by atoms with Gasteiger partial charge in [0.25, 0.3) is 0 Å². The van der Waals surface area contributed by atoms with Crippen molar-refractivity contribution in [1.82, 2.24) is 20.8 Å². The van der Waals surface area contributed by atoms with E-state index in [4.69, 9.17) is 4.52 Å². The molecular formula is C7H12N4O2. The van der Waals surface area contributed by atoms with Crippen LogP contribution in [0.1, 0.15) is 18.6 Å². The number of amides is 2. The number of carbonyl (C=O) groups is 1. The maximum absolute atomic E-state index is 10.9. The Morgan fingerprint density at radius 3 is 2.85 bits per heavy atom. The molecule has 0 aliphatic heterocycles. The van der Waals surface area contributed by atoms with Crippen molar-refractivity contribution in [2.24, 2.45) is 0 Å². The molecule has 0 radical (unpaired) electrons. The van der Waals surface area contributed by atoms with Crippen LogP contribution < -0.4 is 10.6 Å². The van der Waals surface area contributed by atoms with Crippen molar-refractivity contribution in [1.29, 1.82) is 0 Å². The van der Waals surface area contributed by atoms with E-state index in [9.17, 15) is 4.79 Å². The molecule has 0 bridgehead atoms. The van der Waals surface area contributed by atoms with E-state index in [1.165, 1.54) is 0 Å². The molecule has 1 heterocycles. The summed E-state index contributed by atoms with van der Waals surface area (Å²) in [4.78, 5) is 14.8. The molecule has 0 aliphatic carbocycles. The number of nitrogens with one attached hydrogen (secondary N) is 2. The zero-order valence-electron chi connectivity index (χ0n) is 7.63. The van der Waals surface area contributed by atoms with Crippen molar-refractivity contribution in [2.45, 2.75) is 20.4 Å². The molecule has 6 nitrogen and oxygen atoms in total. The van der Waals surface area contributed by atoms with E-state index < -0.39 is 0 Å². The number of aryl methyl sites for hydroxylation is 1. The van der Waals surface area contributed by atoms with Crippen LogP contribution in [0.3, 0.4) is 0 Å². The second-order valence-corrected chi connectivity index (χ2v) is 2.45. The Morgan fingerprint density at radius 2 is 2.31 bits per heavy atom. The minimum atomic E-state index is -0.238. The second-order valence-electron chi connectivity index (χ2n) is 2.45. The Hall–Kier alpha value is -1.59. The molecule has 2 N–H and O–H groups in total. The average molecular weight is 184 g/mol. The van der Waals surface area contributed by atoms with Crippen LogP contribution in [-0.4, -0.2) is 22.7 Å².